The van der Waals surface area contributed by atoms with Crippen LogP contribution in [0.15, 0.2) is 54.6 Å². The molecule has 2 aromatic rings. The summed E-state index contributed by atoms with van der Waals surface area (Å²) in [6.07, 6.45) is 0.918. The van der Waals surface area contributed by atoms with Crippen molar-refractivity contribution < 1.29 is 4.79 Å². The molecule has 110 valence electrons. The Morgan fingerprint density at radius 1 is 1.10 bits per heavy atom. The van der Waals surface area contributed by atoms with Crippen molar-refractivity contribution in [3.05, 3.63) is 65.2 Å². The molecule has 0 fully saturated rings. The predicted molar refractivity (Wildman–Crippen MR) is 87.6 cm³/mol. The van der Waals surface area contributed by atoms with Crippen molar-refractivity contribution in [3.8, 4) is 0 Å². The highest BCUT2D eigenvalue weighted by Crippen LogP contribution is 2.14. The lowest BCUT2D eigenvalue weighted by atomic mass is 10.2. The van der Waals surface area contributed by atoms with Crippen LogP contribution in [-0.4, -0.2) is 17.5 Å². The Morgan fingerprint density at radius 2 is 1.76 bits per heavy atom. The van der Waals surface area contributed by atoms with E-state index in [9.17, 15) is 4.79 Å². The van der Waals surface area contributed by atoms with E-state index in [0.717, 1.165) is 17.7 Å². The van der Waals surface area contributed by atoms with Gasteiger partial charge in [0.2, 0.25) is 0 Å². The highest BCUT2D eigenvalue weighted by atomic mass is 35.5. The molecule has 0 spiro atoms. The minimum absolute atomic E-state index is 0.0944. The minimum atomic E-state index is -0.0944. The van der Waals surface area contributed by atoms with Crippen LogP contribution in [0.3, 0.4) is 0 Å². The van der Waals surface area contributed by atoms with Crippen molar-refractivity contribution in [2.45, 2.75) is 19.9 Å². The Bertz CT molecular complexity index is 569. The van der Waals surface area contributed by atoms with E-state index < -0.39 is 0 Å². The van der Waals surface area contributed by atoms with Crippen LogP contribution in [-0.2, 0) is 6.54 Å². The summed E-state index contributed by atoms with van der Waals surface area (Å²) in [4.78, 5) is 14.2. The largest absolute Gasteiger partial charge is 0.322 e. The first-order valence-electron chi connectivity index (χ1n) is 7.04. The van der Waals surface area contributed by atoms with E-state index in [4.69, 9.17) is 11.6 Å². The van der Waals surface area contributed by atoms with E-state index in [1.54, 1.807) is 24.3 Å². The van der Waals surface area contributed by atoms with Gasteiger partial charge in [-0.15, -0.1) is 0 Å². The summed E-state index contributed by atoms with van der Waals surface area (Å²) in [5.41, 5.74) is 1.87. The second-order valence-corrected chi connectivity index (χ2v) is 5.28. The van der Waals surface area contributed by atoms with Crippen LogP contribution in [0.2, 0.25) is 5.02 Å². The number of nitrogens with zero attached hydrogens (tertiary/aromatic N) is 1. The number of rotatable bonds is 5. The van der Waals surface area contributed by atoms with Crippen molar-refractivity contribution >= 4 is 23.3 Å². The first kappa shape index (κ1) is 15.4. The molecule has 0 saturated heterocycles. The summed E-state index contributed by atoms with van der Waals surface area (Å²) in [6.45, 7) is 3.38. The number of benzene rings is 2. The van der Waals surface area contributed by atoms with Gasteiger partial charge in [0.25, 0.3) is 0 Å². The number of nitrogens with one attached hydrogen (secondary N) is 1. The first-order chi connectivity index (χ1) is 10.2. The van der Waals surface area contributed by atoms with Crippen molar-refractivity contribution in [3.63, 3.8) is 0 Å². The van der Waals surface area contributed by atoms with Crippen LogP contribution >= 0.6 is 11.6 Å². The normalized spacial score (nSPS) is 10.2. The minimum Gasteiger partial charge on any atom is -0.320 e. The Kier molecular flexibility index (Phi) is 5.64. The smallest absolute Gasteiger partial charge is 0.320 e. The van der Waals surface area contributed by atoms with Crippen LogP contribution < -0.4 is 5.32 Å². The molecule has 0 aliphatic carbocycles. The highest BCUT2D eigenvalue weighted by Gasteiger charge is 2.13. The van der Waals surface area contributed by atoms with Gasteiger partial charge in [0.1, 0.15) is 0 Å². The molecule has 0 aliphatic rings. The SMILES string of the molecule is CCCN(Cc1ccccc1)C(=O)Nc1ccc(Cl)cc1. The van der Waals surface area contributed by atoms with E-state index in [2.05, 4.69) is 12.2 Å². The van der Waals surface area contributed by atoms with E-state index in [0.29, 0.717) is 18.1 Å². The summed E-state index contributed by atoms with van der Waals surface area (Å²) < 4.78 is 0. The quantitative estimate of drug-likeness (QED) is 0.846. The molecule has 2 amide bonds. The molecule has 4 heteroatoms. The number of carbonyl (C=O) groups excluding carboxylic acids is 1. The summed E-state index contributed by atoms with van der Waals surface area (Å²) in [6, 6.07) is 17.0. The van der Waals surface area contributed by atoms with Gasteiger partial charge in [-0.1, -0.05) is 48.9 Å². The third-order valence-electron chi connectivity index (χ3n) is 3.09. The summed E-state index contributed by atoms with van der Waals surface area (Å²) in [5.74, 6) is 0. The van der Waals surface area contributed by atoms with Gasteiger partial charge >= 0.3 is 6.03 Å². The Labute approximate surface area is 130 Å². The van der Waals surface area contributed by atoms with E-state index in [1.165, 1.54) is 0 Å². The number of anilines is 1. The molecule has 3 nitrogen and oxygen atoms in total. The van der Waals surface area contributed by atoms with E-state index in [-0.39, 0.29) is 6.03 Å². The molecular weight excluding hydrogens is 284 g/mol. The third kappa shape index (κ3) is 4.80. The van der Waals surface area contributed by atoms with Crippen molar-refractivity contribution in [2.24, 2.45) is 0 Å². The van der Waals surface area contributed by atoms with Crippen LogP contribution in [0.25, 0.3) is 0 Å². The van der Waals surface area contributed by atoms with Crippen molar-refractivity contribution in [1.29, 1.82) is 0 Å². The fourth-order valence-electron chi connectivity index (χ4n) is 2.06. The summed E-state index contributed by atoms with van der Waals surface area (Å²) in [7, 11) is 0. The van der Waals surface area contributed by atoms with Crippen molar-refractivity contribution in [1.82, 2.24) is 4.90 Å². The average molecular weight is 303 g/mol. The standard InChI is InChI=1S/C17H19ClN2O/c1-2-12-20(13-14-6-4-3-5-7-14)17(21)19-16-10-8-15(18)9-11-16/h3-11H,2,12-13H2,1H3,(H,19,21). The lowest BCUT2D eigenvalue weighted by Crippen LogP contribution is -2.35. The Hall–Kier alpha value is -2.00. The Morgan fingerprint density at radius 3 is 2.38 bits per heavy atom. The van der Waals surface area contributed by atoms with E-state index in [1.807, 2.05) is 35.2 Å². The van der Waals surface area contributed by atoms with Gasteiger partial charge < -0.3 is 10.2 Å². The molecule has 2 rings (SSSR count). The third-order valence-corrected chi connectivity index (χ3v) is 3.34. The van der Waals surface area contributed by atoms with Gasteiger partial charge in [-0.05, 0) is 36.2 Å². The maximum absolute atomic E-state index is 12.4. The average Bonchev–Trinajstić information content (AvgIpc) is 2.50. The molecule has 0 heterocycles. The molecular formula is C17H19ClN2O. The second kappa shape index (κ2) is 7.70. The molecule has 0 unspecified atom stereocenters. The zero-order valence-corrected chi connectivity index (χ0v) is 12.8. The van der Waals surface area contributed by atoms with Crippen LogP contribution in [0, 0.1) is 0 Å². The van der Waals surface area contributed by atoms with Gasteiger partial charge in [0.05, 0.1) is 0 Å². The zero-order valence-electron chi connectivity index (χ0n) is 12.1. The fraction of sp³-hybridized carbons (Fsp3) is 0.235. The number of urea groups is 1. The lowest BCUT2D eigenvalue weighted by Gasteiger charge is -2.22. The molecule has 0 radical (unpaired) electrons. The number of halogens is 1. The van der Waals surface area contributed by atoms with Gasteiger partial charge in [0, 0.05) is 23.8 Å². The van der Waals surface area contributed by atoms with Crippen LogP contribution in [0.1, 0.15) is 18.9 Å². The highest BCUT2D eigenvalue weighted by molar-refractivity contribution is 6.30. The molecule has 2 aromatic carbocycles. The second-order valence-electron chi connectivity index (χ2n) is 4.84. The molecule has 0 aliphatic heterocycles. The number of amides is 2. The lowest BCUT2D eigenvalue weighted by molar-refractivity contribution is 0.209. The molecule has 0 atom stereocenters. The van der Waals surface area contributed by atoms with Gasteiger partial charge in [-0.2, -0.15) is 0 Å². The fourth-order valence-corrected chi connectivity index (χ4v) is 2.19. The monoisotopic (exact) mass is 302 g/mol. The van der Waals surface area contributed by atoms with Gasteiger partial charge in [0.15, 0.2) is 0 Å². The molecule has 0 aromatic heterocycles. The topological polar surface area (TPSA) is 32.3 Å². The van der Waals surface area contributed by atoms with E-state index >= 15 is 0 Å². The number of hydrogen-bond acceptors (Lipinski definition) is 1. The number of hydrogen-bond donors (Lipinski definition) is 1. The predicted octanol–water partition coefficient (Wildman–Crippen LogP) is 4.78. The molecule has 21 heavy (non-hydrogen) atoms. The maximum atomic E-state index is 12.4. The maximum Gasteiger partial charge on any atom is 0.322 e. The van der Waals surface area contributed by atoms with Gasteiger partial charge in [-0.25, -0.2) is 4.79 Å². The van der Waals surface area contributed by atoms with Crippen LogP contribution in [0.5, 0.6) is 0 Å². The molecule has 0 saturated carbocycles. The molecule has 1 N–H and O–H groups in total. The number of carbonyl (C=O) groups is 1. The van der Waals surface area contributed by atoms with Gasteiger partial charge in [-0.3, -0.25) is 0 Å². The first-order valence-corrected chi connectivity index (χ1v) is 7.42. The van der Waals surface area contributed by atoms with Crippen molar-refractivity contribution in [2.75, 3.05) is 11.9 Å². The van der Waals surface area contributed by atoms with Crippen LogP contribution in [0.4, 0.5) is 10.5 Å². The summed E-state index contributed by atoms with van der Waals surface area (Å²) in [5, 5.41) is 3.56. The zero-order chi connectivity index (χ0) is 15.1. The Balaban J connectivity index is 2.03. The molecule has 0 bridgehead atoms. The summed E-state index contributed by atoms with van der Waals surface area (Å²) >= 11 is 5.84.